The largest absolute Gasteiger partial charge is 0.480 e. The van der Waals surface area contributed by atoms with Crippen LogP contribution in [0.15, 0.2) is 0 Å². The van der Waals surface area contributed by atoms with Crippen LogP contribution in [0.1, 0.15) is 125 Å². The van der Waals surface area contributed by atoms with Crippen LogP contribution in [0.5, 0.6) is 0 Å². The molecule has 2 rings (SSSR count). The van der Waals surface area contributed by atoms with Crippen molar-refractivity contribution >= 4 is 41.7 Å². The second kappa shape index (κ2) is 19.5. The molecule has 15 heteroatoms. The summed E-state index contributed by atoms with van der Waals surface area (Å²) in [4.78, 5) is 92.0. The van der Waals surface area contributed by atoms with Crippen molar-refractivity contribution in [3.63, 3.8) is 0 Å². The first-order valence-electron chi connectivity index (χ1n) is 17.8. The molecule has 0 aliphatic heterocycles. The zero-order valence-electron chi connectivity index (χ0n) is 30.6. The molecule has 15 nitrogen and oxygen atoms in total. The summed E-state index contributed by atoms with van der Waals surface area (Å²) in [6.45, 7) is 9.02. The van der Waals surface area contributed by atoms with Crippen molar-refractivity contribution in [1.82, 2.24) is 20.4 Å². The van der Waals surface area contributed by atoms with E-state index >= 15 is 0 Å². The molecule has 0 radical (unpaired) electrons. The number of hydrogen-bond acceptors (Lipinski definition) is 9. The molecule has 4 amide bonds. The Balaban J connectivity index is 2.29. The predicted octanol–water partition coefficient (Wildman–Crippen LogP) is 4.25. The summed E-state index contributed by atoms with van der Waals surface area (Å²) < 4.78 is 10.7. The van der Waals surface area contributed by atoms with Crippen LogP contribution in [-0.2, 0) is 33.4 Å². The van der Waals surface area contributed by atoms with Gasteiger partial charge in [0.15, 0.2) is 0 Å². The van der Waals surface area contributed by atoms with E-state index in [4.69, 9.17) is 9.47 Å². The van der Waals surface area contributed by atoms with Crippen LogP contribution in [-0.4, -0.2) is 111 Å². The van der Waals surface area contributed by atoms with E-state index in [2.05, 4.69) is 10.6 Å². The van der Waals surface area contributed by atoms with Crippen molar-refractivity contribution in [1.29, 1.82) is 0 Å². The highest BCUT2D eigenvalue weighted by molar-refractivity contribution is 6.35. The molecule has 0 aromatic carbocycles. The summed E-state index contributed by atoms with van der Waals surface area (Å²) in [5, 5.41) is 24.3. The Morgan fingerprint density at radius 2 is 1.36 bits per heavy atom. The van der Waals surface area contributed by atoms with Gasteiger partial charge >= 0.3 is 24.1 Å². The van der Waals surface area contributed by atoms with Crippen molar-refractivity contribution in [2.45, 2.75) is 154 Å². The number of nitrogens with zero attached hydrogens (tertiary/aromatic N) is 2. The summed E-state index contributed by atoms with van der Waals surface area (Å²) >= 11 is 0. The first-order chi connectivity index (χ1) is 23.3. The molecule has 0 spiro atoms. The summed E-state index contributed by atoms with van der Waals surface area (Å²) in [6.07, 6.45) is 6.61. The number of alkyl carbamates (subject to hydrolysis) is 1. The Hall–Kier alpha value is -3.91. The number of carbonyl (C=O) groups is 7. The molecular formula is C35H58N4O11. The number of aliphatic carboxylic acids is 2. The van der Waals surface area contributed by atoms with Crippen molar-refractivity contribution in [3.05, 3.63) is 0 Å². The van der Waals surface area contributed by atoms with Crippen LogP contribution in [0.25, 0.3) is 0 Å². The normalized spacial score (nSPS) is 16.8. The van der Waals surface area contributed by atoms with E-state index in [1.54, 1.807) is 41.5 Å². The fourth-order valence-electron chi connectivity index (χ4n) is 6.45. The number of rotatable bonds is 17. The number of carbonyl (C=O) groups excluding carboxylic acids is 5. The van der Waals surface area contributed by atoms with Gasteiger partial charge in [-0.3, -0.25) is 24.1 Å². The molecule has 0 saturated heterocycles. The van der Waals surface area contributed by atoms with Gasteiger partial charge in [-0.25, -0.2) is 14.4 Å². The summed E-state index contributed by atoms with van der Waals surface area (Å²) in [6, 6.07) is -2.98. The Labute approximate surface area is 295 Å². The highest BCUT2D eigenvalue weighted by Gasteiger charge is 2.41. The van der Waals surface area contributed by atoms with Gasteiger partial charge in [0.05, 0.1) is 12.6 Å². The highest BCUT2D eigenvalue weighted by atomic mass is 16.6. The van der Waals surface area contributed by atoms with Crippen molar-refractivity contribution in [3.8, 4) is 0 Å². The molecule has 50 heavy (non-hydrogen) atoms. The van der Waals surface area contributed by atoms with Gasteiger partial charge in [0.1, 0.15) is 23.8 Å². The molecule has 0 heterocycles. The van der Waals surface area contributed by atoms with Crippen molar-refractivity contribution in [2.75, 3.05) is 19.6 Å². The van der Waals surface area contributed by atoms with E-state index < -0.39 is 78.1 Å². The number of Topliss-reactive ketones (excluding diaryl/α,β-unsaturated/α-hetero) is 1. The fourth-order valence-corrected chi connectivity index (χ4v) is 6.45. The molecule has 2 atom stereocenters. The third kappa shape index (κ3) is 15.3. The minimum atomic E-state index is -1.72. The molecule has 0 aromatic heterocycles. The summed E-state index contributed by atoms with van der Waals surface area (Å²) in [5.74, 6) is -5.55. The second-order valence-electron chi connectivity index (χ2n) is 15.4. The van der Waals surface area contributed by atoms with E-state index in [1.165, 1.54) is 4.90 Å². The average molecular weight is 711 g/mol. The van der Waals surface area contributed by atoms with E-state index in [1.807, 2.05) is 0 Å². The lowest BCUT2D eigenvalue weighted by atomic mass is 9.84. The minimum absolute atomic E-state index is 0.0282. The molecular weight excluding hydrogens is 652 g/mol. The van der Waals surface area contributed by atoms with Crippen molar-refractivity contribution in [2.24, 2.45) is 5.92 Å². The van der Waals surface area contributed by atoms with Crippen LogP contribution in [0.2, 0.25) is 0 Å². The number of carboxylic acid groups (broad SMARTS) is 2. The lowest BCUT2D eigenvalue weighted by Gasteiger charge is -2.39. The topological polar surface area (TPSA) is 209 Å². The Kier molecular flexibility index (Phi) is 16.5. The van der Waals surface area contributed by atoms with Gasteiger partial charge < -0.3 is 35.2 Å². The average Bonchev–Trinajstić information content (AvgIpc) is 3.53. The maximum absolute atomic E-state index is 14.5. The lowest BCUT2D eigenvalue weighted by molar-refractivity contribution is -0.151. The molecule has 2 fully saturated rings. The van der Waals surface area contributed by atoms with Crippen LogP contribution in [0, 0.1) is 5.92 Å². The quantitative estimate of drug-likeness (QED) is 0.124. The fraction of sp³-hybridized carbons (Fsp3) is 0.800. The van der Waals surface area contributed by atoms with Crippen LogP contribution < -0.4 is 10.6 Å². The van der Waals surface area contributed by atoms with Gasteiger partial charge in [0.25, 0.3) is 5.78 Å². The number of hydrogen-bond donors (Lipinski definition) is 4. The number of amides is 4. The maximum Gasteiger partial charge on any atom is 0.411 e. The standard InChI is InChI=1S/C35H58N4O11/c1-34(2,3)49-32(47)36-19-13-12-18-25(29(43)31(45)46)37-27(40)21-38(24-16-10-11-17-24)30(44)26(20-23-14-8-7-9-15-23)39(22-28(41)42)33(48)50-35(4,5)6/h23-26H,7-22H2,1-6H3,(H,36,47)(H,37,40)(H,41,42)(H,45,46)/t25-,26+/m0/s1. The third-order valence-corrected chi connectivity index (χ3v) is 8.69. The monoisotopic (exact) mass is 710 g/mol. The first-order valence-corrected chi connectivity index (χ1v) is 17.8. The van der Waals surface area contributed by atoms with E-state index in [9.17, 15) is 43.8 Å². The van der Waals surface area contributed by atoms with Crippen LogP contribution in [0.3, 0.4) is 0 Å². The zero-order chi connectivity index (χ0) is 37.6. The molecule has 4 N–H and O–H groups in total. The molecule has 284 valence electrons. The zero-order valence-corrected chi connectivity index (χ0v) is 30.6. The van der Waals surface area contributed by atoms with Crippen LogP contribution >= 0.6 is 0 Å². The molecule has 0 unspecified atom stereocenters. The predicted molar refractivity (Wildman–Crippen MR) is 182 cm³/mol. The minimum Gasteiger partial charge on any atom is -0.480 e. The van der Waals surface area contributed by atoms with Gasteiger partial charge in [0.2, 0.25) is 11.8 Å². The number of ketones is 1. The second-order valence-corrected chi connectivity index (χ2v) is 15.4. The maximum atomic E-state index is 14.5. The summed E-state index contributed by atoms with van der Waals surface area (Å²) in [7, 11) is 0. The van der Waals surface area contributed by atoms with Gasteiger partial charge in [-0.05, 0) is 86.0 Å². The van der Waals surface area contributed by atoms with Gasteiger partial charge in [-0.15, -0.1) is 0 Å². The number of carboxylic acids is 2. The van der Waals surface area contributed by atoms with Crippen molar-refractivity contribution < 1.29 is 53.2 Å². The third-order valence-electron chi connectivity index (χ3n) is 8.69. The Bertz CT molecular complexity index is 1200. The first kappa shape index (κ1) is 42.3. The number of unbranched alkanes of at least 4 members (excludes halogenated alkanes) is 1. The molecule has 0 aromatic rings. The smallest absolute Gasteiger partial charge is 0.411 e. The number of nitrogens with one attached hydrogen (secondary N) is 2. The SMILES string of the molecule is CC(C)(C)OC(=O)NCCCC[C@H](NC(=O)CN(C(=O)[C@@H](CC1CCCCC1)N(CC(=O)O)C(=O)OC(C)(C)C)C1CCCC1)C(=O)C(=O)O. The molecule has 2 aliphatic carbocycles. The summed E-state index contributed by atoms with van der Waals surface area (Å²) in [5.41, 5.74) is -1.64. The highest BCUT2D eigenvalue weighted by Crippen LogP contribution is 2.32. The van der Waals surface area contributed by atoms with E-state index in [-0.39, 0.29) is 37.8 Å². The number of ether oxygens (including phenoxy) is 2. The van der Waals surface area contributed by atoms with E-state index in [0.717, 1.165) is 49.8 Å². The molecule has 2 saturated carbocycles. The molecule has 0 bridgehead atoms. The Morgan fingerprint density at radius 1 is 0.780 bits per heavy atom. The van der Waals surface area contributed by atoms with Crippen LogP contribution in [0.4, 0.5) is 9.59 Å². The Morgan fingerprint density at radius 3 is 1.90 bits per heavy atom. The van der Waals surface area contributed by atoms with Gasteiger partial charge in [0, 0.05) is 12.6 Å². The lowest BCUT2D eigenvalue weighted by Crippen LogP contribution is -2.58. The molecule has 2 aliphatic rings. The van der Waals surface area contributed by atoms with E-state index in [0.29, 0.717) is 19.3 Å². The van der Waals surface area contributed by atoms with Gasteiger partial charge in [-0.1, -0.05) is 44.9 Å². The van der Waals surface area contributed by atoms with Gasteiger partial charge in [-0.2, -0.15) is 0 Å².